The quantitative estimate of drug-likeness (QED) is 0.669. The van der Waals surface area contributed by atoms with Crippen LogP contribution < -0.4 is 10.6 Å². The van der Waals surface area contributed by atoms with Crippen LogP contribution in [0.1, 0.15) is 32.1 Å². The number of fused-ring (bicyclic) bond motifs is 2. The molecule has 1 aliphatic carbocycles. The highest BCUT2D eigenvalue weighted by Gasteiger charge is 2.42. The zero-order valence-electron chi connectivity index (χ0n) is 10.3. The molecule has 2 saturated heterocycles. The molecule has 2 N–H and O–H groups in total. The van der Waals surface area contributed by atoms with Crippen molar-refractivity contribution in [3.8, 4) is 0 Å². The zero-order chi connectivity index (χ0) is 11.7. The first kappa shape index (κ1) is 11.5. The molecule has 3 fully saturated rings. The second-order valence-corrected chi connectivity index (χ2v) is 5.70. The van der Waals surface area contributed by atoms with Gasteiger partial charge in [-0.05, 0) is 38.0 Å². The van der Waals surface area contributed by atoms with Crippen molar-refractivity contribution in [1.82, 2.24) is 10.6 Å². The van der Waals surface area contributed by atoms with Gasteiger partial charge in [0.1, 0.15) is 0 Å². The molecule has 3 unspecified atom stereocenters. The lowest BCUT2D eigenvalue weighted by molar-refractivity contribution is -0.125. The van der Waals surface area contributed by atoms with Gasteiger partial charge in [0, 0.05) is 25.2 Å². The molecule has 0 radical (unpaired) electrons. The third-order valence-corrected chi connectivity index (χ3v) is 4.23. The Labute approximate surface area is 102 Å². The molecule has 96 valence electrons. The van der Waals surface area contributed by atoms with Crippen molar-refractivity contribution in [2.45, 2.75) is 44.2 Å². The van der Waals surface area contributed by atoms with Gasteiger partial charge in [-0.3, -0.25) is 4.79 Å². The standard InChI is InChI=1S/C13H22N2O2/c16-13(11-7-10-3-4-12(11)15-10)14-5-6-17-8-9-1-2-9/h9-12,15H,1-8H2,(H,14,16). The number of hydrogen-bond acceptors (Lipinski definition) is 3. The van der Waals surface area contributed by atoms with Crippen molar-refractivity contribution in [2.75, 3.05) is 19.8 Å². The lowest BCUT2D eigenvalue weighted by Crippen LogP contribution is -2.38. The normalized spacial score (nSPS) is 35.2. The van der Waals surface area contributed by atoms with E-state index in [0.29, 0.717) is 25.2 Å². The largest absolute Gasteiger partial charge is 0.379 e. The fourth-order valence-corrected chi connectivity index (χ4v) is 3.03. The first-order chi connectivity index (χ1) is 8.33. The van der Waals surface area contributed by atoms with E-state index in [-0.39, 0.29) is 11.8 Å². The Morgan fingerprint density at radius 2 is 2.18 bits per heavy atom. The number of hydrogen-bond donors (Lipinski definition) is 2. The summed E-state index contributed by atoms with van der Waals surface area (Å²) in [6.07, 6.45) is 6.09. The highest BCUT2D eigenvalue weighted by Crippen LogP contribution is 2.33. The minimum absolute atomic E-state index is 0.206. The summed E-state index contributed by atoms with van der Waals surface area (Å²) in [7, 11) is 0. The topological polar surface area (TPSA) is 50.4 Å². The summed E-state index contributed by atoms with van der Waals surface area (Å²) in [6, 6.07) is 1.04. The van der Waals surface area contributed by atoms with Gasteiger partial charge < -0.3 is 15.4 Å². The summed E-state index contributed by atoms with van der Waals surface area (Å²) in [5.74, 6) is 1.23. The summed E-state index contributed by atoms with van der Waals surface area (Å²) >= 11 is 0. The molecule has 2 bridgehead atoms. The van der Waals surface area contributed by atoms with Gasteiger partial charge in [-0.1, -0.05) is 0 Å². The van der Waals surface area contributed by atoms with E-state index < -0.39 is 0 Å². The molecular formula is C13H22N2O2. The molecule has 2 heterocycles. The molecule has 4 nitrogen and oxygen atoms in total. The Kier molecular flexibility index (Phi) is 3.34. The molecule has 0 spiro atoms. The average Bonchev–Trinajstić information content (AvgIpc) is 2.91. The van der Waals surface area contributed by atoms with Crippen LogP contribution in [-0.2, 0) is 9.53 Å². The van der Waals surface area contributed by atoms with Crippen LogP contribution in [0.4, 0.5) is 0 Å². The monoisotopic (exact) mass is 238 g/mol. The summed E-state index contributed by atoms with van der Waals surface area (Å²) in [5, 5.41) is 6.49. The highest BCUT2D eigenvalue weighted by molar-refractivity contribution is 5.80. The van der Waals surface area contributed by atoms with Crippen molar-refractivity contribution < 1.29 is 9.53 Å². The van der Waals surface area contributed by atoms with E-state index in [4.69, 9.17) is 4.74 Å². The van der Waals surface area contributed by atoms with E-state index in [1.54, 1.807) is 0 Å². The lowest BCUT2D eigenvalue weighted by Gasteiger charge is -2.19. The number of ether oxygens (including phenoxy) is 1. The van der Waals surface area contributed by atoms with Crippen molar-refractivity contribution in [3.05, 3.63) is 0 Å². The first-order valence-corrected chi connectivity index (χ1v) is 6.94. The Balaban J connectivity index is 1.30. The van der Waals surface area contributed by atoms with E-state index in [9.17, 15) is 4.79 Å². The van der Waals surface area contributed by atoms with Crippen LogP contribution in [0.15, 0.2) is 0 Å². The molecule has 17 heavy (non-hydrogen) atoms. The summed E-state index contributed by atoms with van der Waals surface area (Å²) < 4.78 is 5.50. The predicted octanol–water partition coefficient (Wildman–Crippen LogP) is 0.670. The molecule has 0 aromatic carbocycles. The van der Waals surface area contributed by atoms with Crippen LogP contribution in [0.3, 0.4) is 0 Å². The van der Waals surface area contributed by atoms with E-state index in [1.807, 2.05) is 0 Å². The highest BCUT2D eigenvalue weighted by atomic mass is 16.5. The van der Waals surface area contributed by atoms with Crippen molar-refractivity contribution in [3.63, 3.8) is 0 Å². The summed E-state index contributed by atoms with van der Waals surface area (Å²) in [6.45, 7) is 2.21. The molecule has 1 saturated carbocycles. The number of amides is 1. The summed E-state index contributed by atoms with van der Waals surface area (Å²) in [5.41, 5.74) is 0. The molecule has 4 heteroatoms. The Bertz CT molecular complexity index is 291. The minimum Gasteiger partial charge on any atom is -0.379 e. The Hall–Kier alpha value is -0.610. The van der Waals surface area contributed by atoms with Gasteiger partial charge in [-0.15, -0.1) is 0 Å². The van der Waals surface area contributed by atoms with Crippen LogP contribution >= 0.6 is 0 Å². The van der Waals surface area contributed by atoms with E-state index >= 15 is 0 Å². The second-order valence-electron chi connectivity index (χ2n) is 5.70. The Morgan fingerprint density at radius 1 is 1.29 bits per heavy atom. The van der Waals surface area contributed by atoms with E-state index in [1.165, 1.54) is 25.7 Å². The third-order valence-electron chi connectivity index (χ3n) is 4.23. The van der Waals surface area contributed by atoms with Crippen molar-refractivity contribution in [1.29, 1.82) is 0 Å². The van der Waals surface area contributed by atoms with E-state index in [2.05, 4.69) is 10.6 Å². The molecule has 0 aromatic rings. The van der Waals surface area contributed by atoms with Crippen LogP contribution in [0.5, 0.6) is 0 Å². The average molecular weight is 238 g/mol. The van der Waals surface area contributed by atoms with Gasteiger partial charge in [0.25, 0.3) is 0 Å². The van der Waals surface area contributed by atoms with Gasteiger partial charge in [-0.2, -0.15) is 0 Å². The first-order valence-electron chi connectivity index (χ1n) is 6.94. The maximum atomic E-state index is 11.9. The predicted molar refractivity (Wildman–Crippen MR) is 64.6 cm³/mol. The number of carbonyl (C=O) groups is 1. The van der Waals surface area contributed by atoms with Gasteiger partial charge in [0.15, 0.2) is 0 Å². The molecule has 3 atom stereocenters. The Morgan fingerprint density at radius 3 is 2.82 bits per heavy atom. The number of rotatable bonds is 6. The third kappa shape index (κ3) is 2.80. The maximum absolute atomic E-state index is 11.9. The fourth-order valence-electron chi connectivity index (χ4n) is 3.03. The molecular weight excluding hydrogens is 216 g/mol. The SMILES string of the molecule is O=C(NCCOCC1CC1)C1CC2CCC1N2. The number of carbonyl (C=O) groups excluding carboxylic acids is 1. The lowest BCUT2D eigenvalue weighted by atomic mass is 9.88. The van der Waals surface area contributed by atoms with Crippen molar-refractivity contribution >= 4 is 5.91 Å². The van der Waals surface area contributed by atoms with Crippen molar-refractivity contribution in [2.24, 2.45) is 11.8 Å². The van der Waals surface area contributed by atoms with Crippen LogP contribution in [-0.4, -0.2) is 37.7 Å². The second kappa shape index (κ2) is 4.94. The van der Waals surface area contributed by atoms with Gasteiger partial charge in [0.05, 0.1) is 12.5 Å². The summed E-state index contributed by atoms with van der Waals surface area (Å²) in [4.78, 5) is 11.9. The van der Waals surface area contributed by atoms with Gasteiger partial charge in [-0.25, -0.2) is 0 Å². The molecule has 2 aliphatic heterocycles. The minimum atomic E-state index is 0.206. The van der Waals surface area contributed by atoms with Crippen LogP contribution in [0.2, 0.25) is 0 Å². The molecule has 3 rings (SSSR count). The molecule has 1 amide bonds. The fraction of sp³-hybridized carbons (Fsp3) is 0.923. The molecule has 3 aliphatic rings. The number of nitrogens with one attached hydrogen (secondary N) is 2. The van der Waals surface area contributed by atoms with Crippen LogP contribution in [0, 0.1) is 11.8 Å². The smallest absolute Gasteiger partial charge is 0.224 e. The van der Waals surface area contributed by atoms with Gasteiger partial charge >= 0.3 is 0 Å². The van der Waals surface area contributed by atoms with Crippen LogP contribution in [0.25, 0.3) is 0 Å². The van der Waals surface area contributed by atoms with Gasteiger partial charge in [0.2, 0.25) is 5.91 Å². The van der Waals surface area contributed by atoms with E-state index in [0.717, 1.165) is 18.9 Å². The molecule has 0 aromatic heterocycles. The zero-order valence-corrected chi connectivity index (χ0v) is 10.3. The maximum Gasteiger partial charge on any atom is 0.224 e.